The third kappa shape index (κ3) is 1.88. The van der Waals surface area contributed by atoms with Crippen LogP contribution in [0.5, 0.6) is 5.88 Å². The average molecular weight is 245 g/mol. The second kappa shape index (κ2) is 4.40. The molecule has 1 aromatic carbocycles. The number of rotatable bonds is 1. The molecule has 2 rings (SSSR count). The van der Waals surface area contributed by atoms with Gasteiger partial charge >= 0.3 is 0 Å². The van der Waals surface area contributed by atoms with Crippen molar-refractivity contribution in [1.82, 2.24) is 4.57 Å². The molecule has 2 aromatic rings. The predicted molar refractivity (Wildman–Crippen MR) is 65.1 cm³/mol. The molecule has 0 spiro atoms. The van der Waals surface area contributed by atoms with E-state index in [4.69, 9.17) is 0 Å². The van der Waals surface area contributed by atoms with Crippen LogP contribution in [0.15, 0.2) is 34.5 Å². The first-order chi connectivity index (χ1) is 8.52. The van der Waals surface area contributed by atoms with E-state index in [1.807, 2.05) is 0 Å². The van der Waals surface area contributed by atoms with Crippen molar-refractivity contribution < 1.29 is 14.7 Å². The van der Waals surface area contributed by atoms with E-state index in [9.17, 15) is 14.7 Å². The number of hydrogen-bond acceptors (Lipinski definition) is 4. The van der Waals surface area contributed by atoms with Gasteiger partial charge in [-0.15, -0.1) is 10.2 Å². The fourth-order valence-corrected chi connectivity index (χ4v) is 1.75. The van der Waals surface area contributed by atoms with Crippen molar-refractivity contribution in [2.24, 2.45) is 10.2 Å². The van der Waals surface area contributed by atoms with E-state index in [2.05, 4.69) is 10.2 Å². The van der Waals surface area contributed by atoms with Crippen LogP contribution in [0.3, 0.4) is 0 Å². The molecule has 0 saturated carbocycles. The summed E-state index contributed by atoms with van der Waals surface area (Å²) in [5.41, 5.74) is 0.649. The van der Waals surface area contributed by atoms with Crippen molar-refractivity contribution in [3.8, 4) is 5.88 Å². The molecule has 1 heterocycles. The third-order valence-corrected chi connectivity index (χ3v) is 2.43. The second-order valence-corrected chi connectivity index (χ2v) is 3.76. The van der Waals surface area contributed by atoms with E-state index >= 15 is 0 Å². The number of amides is 1. The number of carbonyl (C=O) groups excluding carboxylic acids is 2. The Bertz CT molecular complexity index is 671. The number of aromatic hydroxyl groups is 1. The quantitative estimate of drug-likeness (QED) is 0.784. The molecule has 6 heteroatoms. The van der Waals surface area contributed by atoms with Crippen molar-refractivity contribution in [2.75, 3.05) is 0 Å². The van der Waals surface area contributed by atoms with E-state index < -0.39 is 5.91 Å². The topological polar surface area (TPSA) is 84.0 Å². The van der Waals surface area contributed by atoms with Crippen LogP contribution >= 0.6 is 0 Å². The molecular weight excluding hydrogens is 234 g/mol. The van der Waals surface area contributed by atoms with Gasteiger partial charge < -0.3 is 5.11 Å². The summed E-state index contributed by atoms with van der Waals surface area (Å²) in [6, 6.07) is 6.87. The van der Waals surface area contributed by atoms with Gasteiger partial charge in [0, 0.05) is 19.2 Å². The number of aromatic nitrogens is 1. The van der Waals surface area contributed by atoms with Crippen molar-refractivity contribution in [1.29, 1.82) is 0 Å². The highest BCUT2D eigenvalue weighted by atomic mass is 16.3. The first kappa shape index (κ1) is 12.0. The minimum absolute atomic E-state index is 0.121. The van der Waals surface area contributed by atoms with E-state index in [-0.39, 0.29) is 17.5 Å². The SMILES string of the molecule is CC(=O)N=Nc1c(O)n(C(C)=O)c2ccccc12. The Labute approximate surface area is 103 Å². The zero-order valence-corrected chi connectivity index (χ0v) is 9.91. The molecule has 1 aromatic heterocycles. The standard InChI is InChI=1S/C12H11N3O3/c1-7(16)13-14-11-9-5-3-4-6-10(9)15(8(2)17)12(11)18/h3-6,18H,1-2H3. The molecular formula is C12H11N3O3. The van der Waals surface area contributed by atoms with Crippen molar-refractivity contribution >= 4 is 28.4 Å². The lowest BCUT2D eigenvalue weighted by Gasteiger charge is -1.99. The van der Waals surface area contributed by atoms with E-state index in [0.717, 1.165) is 4.57 Å². The van der Waals surface area contributed by atoms with Gasteiger partial charge in [-0.3, -0.25) is 9.59 Å². The van der Waals surface area contributed by atoms with Gasteiger partial charge in [0.1, 0.15) is 0 Å². The Morgan fingerprint density at radius 1 is 1.22 bits per heavy atom. The summed E-state index contributed by atoms with van der Waals surface area (Å²) < 4.78 is 1.13. The van der Waals surface area contributed by atoms with Gasteiger partial charge in [-0.05, 0) is 6.07 Å². The monoisotopic (exact) mass is 245 g/mol. The van der Waals surface area contributed by atoms with E-state index in [1.54, 1.807) is 24.3 Å². The zero-order valence-electron chi connectivity index (χ0n) is 9.91. The van der Waals surface area contributed by atoms with Crippen LogP contribution < -0.4 is 0 Å². The Kier molecular flexibility index (Phi) is 2.93. The van der Waals surface area contributed by atoms with Crippen LogP contribution in [0.4, 0.5) is 5.69 Å². The maximum Gasteiger partial charge on any atom is 0.261 e. The molecule has 1 amide bonds. The second-order valence-electron chi connectivity index (χ2n) is 3.76. The molecule has 0 atom stereocenters. The Morgan fingerprint density at radius 3 is 2.50 bits per heavy atom. The van der Waals surface area contributed by atoms with Crippen LogP contribution in [0, 0.1) is 0 Å². The van der Waals surface area contributed by atoms with Crippen molar-refractivity contribution in [3.63, 3.8) is 0 Å². The van der Waals surface area contributed by atoms with E-state index in [0.29, 0.717) is 10.9 Å². The fourth-order valence-electron chi connectivity index (χ4n) is 1.75. The van der Waals surface area contributed by atoms with Crippen LogP contribution in [0.2, 0.25) is 0 Å². The zero-order chi connectivity index (χ0) is 13.3. The number of carbonyl (C=O) groups is 2. The lowest BCUT2D eigenvalue weighted by Crippen LogP contribution is -2.03. The molecule has 1 N–H and O–H groups in total. The number of para-hydroxylation sites is 1. The highest BCUT2D eigenvalue weighted by molar-refractivity contribution is 6.02. The van der Waals surface area contributed by atoms with Gasteiger partial charge in [-0.25, -0.2) is 4.57 Å². The minimum atomic E-state index is -0.478. The number of hydrogen-bond donors (Lipinski definition) is 1. The molecule has 0 fully saturated rings. The third-order valence-electron chi connectivity index (χ3n) is 2.43. The largest absolute Gasteiger partial charge is 0.493 e. The Morgan fingerprint density at radius 2 is 1.89 bits per heavy atom. The molecule has 18 heavy (non-hydrogen) atoms. The summed E-state index contributed by atoms with van der Waals surface area (Å²) in [5, 5.41) is 17.6. The van der Waals surface area contributed by atoms with Gasteiger partial charge in [0.05, 0.1) is 5.52 Å². The summed E-state index contributed by atoms with van der Waals surface area (Å²) in [6.45, 7) is 2.59. The summed E-state index contributed by atoms with van der Waals surface area (Å²) >= 11 is 0. The number of nitrogens with zero attached hydrogens (tertiary/aromatic N) is 3. The smallest absolute Gasteiger partial charge is 0.261 e. The lowest BCUT2D eigenvalue weighted by atomic mass is 10.2. The molecule has 0 aliphatic carbocycles. The Hall–Kier alpha value is -2.50. The number of azo groups is 1. The van der Waals surface area contributed by atoms with E-state index in [1.165, 1.54) is 13.8 Å². The molecule has 0 unspecified atom stereocenters. The summed E-state index contributed by atoms with van der Waals surface area (Å²) in [4.78, 5) is 22.3. The first-order valence-corrected chi connectivity index (χ1v) is 5.28. The van der Waals surface area contributed by atoms with Gasteiger partial charge in [0.25, 0.3) is 5.91 Å². The predicted octanol–water partition coefficient (Wildman–Crippen LogP) is 2.64. The molecule has 0 aliphatic rings. The van der Waals surface area contributed by atoms with Crippen LogP contribution in [-0.2, 0) is 4.79 Å². The fraction of sp³-hybridized carbons (Fsp3) is 0.167. The van der Waals surface area contributed by atoms with Crippen LogP contribution in [-0.4, -0.2) is 21.5 Å². The van der Waals surface area contributed by atoms with Crippen molar-refractivity contribution in [3.05, 3.63) is 24.3 Å². The van der Waals surface area contributed by atoms with Crippen LogP contribution in [0.25, 0.3) is 10.9 Å². The normalized spacial score (nSPS) is 11.2. The molecule has 0 saturated heterocycles. The van der Waals surface area contributed by atoms with Crippen molar-refractivity contribution in [2.45, 2.75) is 13.8 Å². The minimum Gasteiger partial charge on any atom is -0.493 e. The maximum absolute atomic E-state index is 11.5. The maximum atomic E-state index is 11.5. The van der Waals surface area contributed by atoms with Gasteiger partial charge in [0.15, 0.2) is 5.69 Å². The molecule has 6 nitrogen and oxygen atoms in total. The average Bonchev–Trinajstić information content (AvgIpc) is 2.58. The first-order valence-electron chi connectivity index (χ1n) is 5.28. The Balaban J connectivity index is 2.77. The molecule has 0 aliphatic heterocycles. The molecule has 92 valence electrons. The number of fused-ring (bicyclic) bond motifs is 1. The lowest BCUT2D eigenvalue weighted by molar-refractivity contribution is -0.116. The van der Waals surface area contributed by atoms with Gasteiger partial charge in [-0.1, -0.05) is 18.2 Å². The van der Waals surface area contributed by atoms with Gasteiger partial charge in [0.2, 0.25) is 11.8 Å². The van der Waals surface area contributed by atoms with Gasteiger partial charge in [-0.2, -0.15) is 0 Å². The molecule has 0 bridgehead atoms. The highest BCUT2D eigenvalue weighted by Gasteiger charge is 2.18. The summed E-state index contributed by atoms with van der Waals surface area (Å²) in [5.74, 6) is -1.13. The highest BCUT2D eigenvalue weighted by Crippen LogP contribution is 2.38. The summed E-state index contributed by atoms with van der Waals surface area (Å²) in [6.07, 6.45) is 0. The molecule has 0 radical (unpaired) electrons. The number of benzene rings is 1. The van der Waals surface area contributed by atoms with Crippen LogP contribution in [0.1, 0.15) is 18.6 Å². The summed E-state index contributed by atoms with van der Waals surface area (Å²) in [7, 11) is 0.